The van der Waals surface area contributed by atoms with Crippen LogP contribution in [0.5, 0.6) is 11.5 Å². The number of aryl methyl sites for hydroxylation is 2. The second kappa shape index (κ2) is 14.0. The SMILES string of the molecule is CCC(c1cc(-c2ccc(OC)cc2)cc(C)c1C)C(C)C.Cc1cc(S(C)=O)ccc1OCC(=O)O. The molecule has 2 atom stereocenters. The van der Waals surface area contributed by atoms with E-state index in [0.717, 1.165) is 11.3 Å². The summed E-state index contributed by atoms with van der Waals surface area (Å²) in [6, 6.07) is 18.1. The van der Waals surface area contributed by atoms with E-state index in [4.69, 9.17) is 14.6 Å². The van der Waals surface area contributed by atoms with Crippen LogP contribution in [0.4, 0.5) is 0 Å². The van der Waals surface area contributed by atoms with Crippen LogP contribution in [-0.4, -0.2) is 35.3 Å². The summed E-state index contributed by atoms with van der Waals surface area (Å²) < 4.78 is 21.4. The highest BCUT2D eigenvalue weighted by molar-refractivity contribution is 7.84. The van der Waals surface area contributed by atoms with Gasteiger partial charge < -0.3 is 14.6 Å². The molecular formula is C31H40O5S. The molecule has 6 heteroatoms. The Morgan fingerprint density at radius 3 is 2.08 bits per heavy atom. The molecule has 0 amide bonds. The minimum atomic E-state index is -1.03. The van der Waals surface area contributed by atoms with Gasteiger partial charge in [-0.1, -0.05) is 45.0 Å². The van der Waals surface area contributed by atoms with E-state index >= 15 is 0 Å². The normalized spacial score (nSPS) is 12.4. The van der Waals surface area contributed by atoms with E-state index in [2.05, 4.69) is 58.9 Å². The van der Waals surface area contributed by atoms with Crippen LogP contribution in [0.15, 0.2) is 59.5 Å². The summed E-state index contributed by atoms with van der Waals surface area (Å²) in [5.74, 6) is 1.68. The van der Waals surface area contributed by atoms with Gasteiger partial charge in [-0.3, -0.25) is 4.21 Å². The molecule has 0 aliphatic rings. The molecule has 0 fully saturated rings. The van der Waals surface area contributed by atoms with E-state index in [1.54, 1.807) is 38.5 Å². The first-order valence-electron chi connectivity index (χ1n) is 12.5. The molecule has 3 aromatic rings. The molecule has 3 rings (SSSR count). The van der Waals surface area contributed by atoms with Crippen molar-refractivity contribution in [3.8, 4) is 22.6 Å². The number of benzene rings is 3. The summed E-state index contributed by atoms with van der Waals surface area (Å²) in [6.45, 7) is 12.8. The Morgan fingerprint density at radius 2 is 1.59 bits per heavy atom. The number of ether oxygens (including phenoxy) is 2. The van der Waals surface area contributed by atoms with Crippen LogP contribution < -0.4 is 9.47 Å². The summed E-state index contributed by atoms with van der Waals surface area (Å²) >= 11 is 0. The van der Waals surface area contributed by atoms with Crippen LogP contribution in [0.2, 0.25) is 0 Å². The summed E-state index contributed by atoms with van der Waals surface area (Å²) in [5.41, 5.74) is 7.66. The van der Waals surface area contributed by atoms with Crippen molar-refractivity contribution in [2.24, 2.45) is 5.92 Å². The number of hydrogen-bond donors (Lipinski definition) is 1. The van der Waals surface area contributed by atoms with Gasteiger partial charge in [0.2, 0.25) is 0 Å². The third-order valence-corrected chi connectivity index (χ3v) is 7.52. The average Bonchev–Trinajstić information content (AvgIpc) is 2.86. The number of methoxy groups -OCH3 is 1. The fourth-order valence-corrected chi connectivity index (χ4v) is 4.98. The molecule has 0 bridgehead atoms. The molecule has 200 valence electrons. The monoisotopic (exact) mass is 524 g/mol. The van der Waals surface area contributed by atoms with Gasteiger partial charge in [-0.2, -0.15) is 0 Å². The van der Waals surface area contributed by atoms with Crippen LogP contribution in [0.1, 0.15) is 55.4 Å². The highest BCUT2D eigenvalue weighted by atomic mass is 32.2. The lowest BCUT2D eigenvalue weighted by Crippen LogP contribution is -2.10. The van der Waals surface area contributed by atoms with Crippen molar-refractivity contribution in [3.05, 3.63) is 76.9 Å². The molecule has 1 N–H and O–H groups in total. The minimum absolute atomic E-state index is 0.366. The molecule has 0 saturated carbocycles. The van der Waals surface area contributed by atoms with Crippen molar-refractivity contribution >= 4 is 16.8 Å². The molecule has 0 saturated heterocycles. The van der Waals surface area contributed by atoms with Gasteiger partial charge in [0, 0.05) is 22.0 Å². The average molecular weight is 525 g/mol. The van der Waals surface area contributed by atoms with Crippen molar-refractivity contribution in [3.63, 3.8) is 0 Å². The van der Waals surface area contributed by atoms with Gasteiger partial charge >= 0.3 is 5.97 Å². The van der Waals surface area contributed by atoms with Crippen molar-refractivity contribution in [2.45, 2.75) is 58.8 Å². The Morgan fingerprint density at radius 1 is 0.946 bits per heavy atom. The zero-order valence-electron chi connectivity index (χ0n) is 23.3. The van der Waals surface area contributed by atoms with Gasteiger partial charge in [-0.15, -0.1) is 0 Å². The molecule has 0 radical (unpaired) electrons. The molecule has 5 nitrogen and oxygen atoms in total. The maximum absolute atomic E-state index is 11.2. The first kappa shape index (κ1) is 30.1. The summed E-state index contributed by atoms with van der Waals surface area (Å²) in [6.07, 6.45) is 2.77. The highest BCUT2D eigenvalue weighted by Gasteiger charge is 2.18. The quantitative estimate of drug-likeness (QED) is 0.317. The van der Waals surface area contributed by atoms with Crippen LogP contribution in [0.25, 0.3) is 11.1 Å². The Bertz CT molecular complexity index is 1220. The van der Waals surface area contributed by atoms with Gasteiger partial charge in [0.15, 0.2) is 6.61 Å². The van der Waals surface area contributed by atoms with E-state index in [-0.39, 0.29) is 6.61 Å². The second-order valence-electron chi connectivity index (χ2n) is 9.56. The van der Waals surface area contributed by atoms with Crippen molar-refractivity contribution < 1.29 is 23.6 Å². The number of rotatable bonds is 9. The second-order valence-corrected chi connectivity index (χ2v) is 10.9. The number of carboxylic acids is 1. The van der Waals surface area contributed by atoms with Crippen molar-refractivity contribution in [1.29, 1.82) is 0 Å². The smallest absolute Gasteiger partial charge is 0.341 e. The Kier molecular flexibility index (Phi) is 11.4. The molecule has 37 heavy (non-hydrogen) atoms. The standard InChI is InChI=1S/C21H28O.C10H12O4S/c1-7-20(14(2)3)21-13-18(12-15(4)16(21)5)17-8-10-19(22-6)11-9-17;1-7-5-8(15(2)13)3-4-9(7)14-6-10(11)12/h8-14,20H,7H2,1-6H3;3-5H,6H2,1-2H3,(H,11,12). The van der Waals surface area contributed by atoms with Gasteiger partial charge in [-0.25, -0.2) is 4.79 Å². The van der Waals surface area contributed by atoms with Crippen molar-refractivity contribution in [2.75, 3.05) is 20.0 Å². The maximum atomic E-state index is 11.2. The maximum Gasteiger partial charge on any atom is 0.341 e. The van der Waals surface area contributed by atoms with Crippen LogP contribution in [-0.2, 0) is 15.6 Å². The van der Waals surface area contributed by atoms with Crippen LogP contribution in [0, 0.1) is 26.7 Å². The van der Waals surface area contributed by atoms with E-state index in [9.17, 15) is 9.00 Å². The number of hydrogen-bond acceptors (Lipinski definition) is 4. The zero-order chi connectivity index (χ0) is 27.7. The molecule has 0 spiro atoms. The fraction of sp³-hybridized carbons (Fsp3) is 0.387. The predicted octanol–water partition coefficient (Wildman–Crippen LogP) is 7.32. The van der Waals surface area contributed by atoms with Gasteiger partial charge in [0.25, 0.3) is 0 Å². The van der Waals surface area contributed by atoms with E-state index < -0.39 is 16.8 Å². The summed E-state index contributed by atoms with van der Waals surface area (Å²) in [5, 5.41) is 8.43. The third kappa shape index (κ3) is 8.46. The van der Waals surface area contributed by atoms with Crippen LogP contribution in [0.3, 0.4) is 0 Å². The zero-order valence-corrected chi connectivity index (χ0v) is 24.1. The lowest BCUT2D eigenvalue weighted by atomic mass is 9.81. The fourth-order valence-electron chi connectivity index (χ4n) is 4.37. The number of carbonyl (C=O) groups is 1. The lowest BCUT2D eigenvalue weighted by molar-refractivity contribution is -0.139. The molecule has 0 aliphatic heterocycles. The Balaban J connectivity index is 0.000000281. The summed E-state index contributed by atoms with van der Waals surface area (Å²) in [7, 11) is 0.674. The van der Waals surface area contributed by atoms with Gasteiger partial charge in [0.05, 0.1) is 7.11 Å². The predicted molar refractivity (Wildman–Crippen MR) is 152 cm³/mol. The van der Waals surface area contributed by atoms with Crippen LogP contribution >= 0.6 is 0 Å². The molecule has 0 heterocycles. The van der Waals surface area contributed by atoms with Gasteiger partial charge in [-0.05, 0) is 103 Å². The molecule has 3 aromatic carbocycles. The molecule has 0 aliphatic carbocycles. The topological polar surface area (TPSA) is 72.8 Å². The van der Waals surface area contributed by atoms with Crippen molar-refractivity contribution in [1.82, 2.24) is 0 Å². The largest absolute Gasteiger partial charge is 0.497 e. The lowest BCUT2D eigenvalue weighted by Gasteiger charge is -2.24. The third-order valence-electron chi connectivity index (χ3n) is 6.60. The van der Waals surface area contributed by atoms with Gasteiger partial charge in [0.1, 0.15) is 11.5 Å². The van der Waals surface area contributed by atoms with E-state index in [0.29, 0.717) is 22.5 Å². The Hall–Kier alpha value is -3.12. The highest BCUT2D eigenvalue weighted by Crippen LogP contribution is 2.35. The first-order valence-corrected chi connectivity index (χ1v) is 14.1. The molecular weight excluding hydrogens is 484 g/mol. The van der Waals surface area contributed by atoms with E-state index in [1.807, 2.05) is 12.1 Å². The molecule has 0 aromatic heterocycles. The number of aliphatic carboxylic acids is 1. The van der Waals surface area contributed by atoms with E-state index in [1.165, 1.54) is 34.2 Å². The summed E-state index contributed by atoms with van der Waals surface area (Å²) in [4.78, 5) is 11.0. The molecule has 2 unspecified atom stereocenters. The minimum Gasteiger partial charge on any atom is -0.497 e. The first-order chi connectivity index (χ1) is 17.5. The Labute approximate surface area is 224 Å². The number of carboxylic acid groups (broad SMARTS) is 1.